The number of rotatable bonds is 2. The number of anilines is 2. The molecule has 0 unspecified atom stereocenters. The number of aromatic nitrogens is 1. The summed E-state index contributed by atoms with van der Waals surface area (Å²) in [6.07, 6.45) is 1.65. The van der Waals surface area contributed by atoms with E-state index >= 15 is 0 Å². The highest BCUT2D eigenvalue weighted by Crippen LogP contribution is 2.15. The molecule has 1 fully saturated rings. The smallest absolute Gasteiger partial charge is 0.319 e. The summed E-state index contributed by atoms with van der Waals surface area (Å²) in [6.45, 7) is 3.18. The summed E-state index contributed by atoms with van der Waals surface area (Å²) >= 11 is 0. The lowest BCUT2D eigenvalue weighted by Crippen LogP contribution is -2.36. The molecule has 0 atom stereocenters. The number of morpholine rings is 1. The van der Waals surface area contributed by atoms with E-state index < -0.39 is 0 Å². The van der Waals surface area contributed by atoms with Gasteiger partial charge in [-0.1, -0.05) is 0 Å². The van der Waals surface area contributed by atoms with Gasteiger partial charge in [0.2, 0.25) is 0 Å². The summed E-state index contributed by atoms with van der Waals surface area (Å²) in [6, 6.07) is 3.50. The van der Waals surface area contributed by atoms with Gasteiger partial charge in [-0.2, -0.15) is 0 Å². The van der Waals surface area contributed by atoms with Crippen molar-refractivity contribution in [2.45, 2.75) is 0 Å². The summed E-state index contributed by atoms with van der Waals surface area (Å²) in [5.41, 5.74) is 0.682. The van der Waals surface area contributed by atoms with Crippen LogP contribution in [0.2, 0.25) is 0 Å². The molecule has 1 aliphatic rings. The number of pyridine rings is 1. The number of ether oxygens (including phenoxy) is 1. The predicted octanol–water partition coefficient (Wildman–Crippen LogP) is 0.669. The van der Waals surface area contributed by atoms with Gasteiger partial charge in [0.05, 0.1) is 25.1 Å². The molecule has 1 saturated heterocycles. The van der Waals surface area contributed by atoms with Crippen LogP contribution in [0.3, 0.4) is 0 Å². The zero-order valence-electron chi connectivity index (χ0n) is 9.77. The maximum absolute atomic E-state index is 11.1. The largest absolute Gasteiger partial charge is 0.378 e. The molecule has 92 valence electrons. The molecule has 2 N–H and O–H groups in total. The fourth-order valence-electron chi connectivity index (χ4n) is 1.63. The number of hydrogen-bond donors (Lipinski definition) is 2. The lowest BCUT2D eigenvalue weighted by molar-refractivity contribution is 0.122. The second kappa shape index (κ2) is 5.49. The summed E-state index contributed by atoms with van der Waals surface area (Å²) in [5, 5.41) is 5.15. The van der Waals surface area contributed by atoms with Gasteiger partial charge in [-0.25, -0.2) is 9.78 Å². The van der Waals surface area contributed by atoms with Gasteiger partial charge < -0.3 is 20.3 Å². The highest BCUT2D eigenvalue weighted by molar-refractivity contribution is 5.88. The quantitative estimate of drug-likeness (QED) is 0.792. The van der Waals surface area contributed by atoms with Crippen molar-refractivity contribution in [3.63, 3.8) is 0 Å². The van der Waals surface area contributed by atoms with Gasteiger partial charge in [0.15, 0.2) is 0 Å². The fraction of sp³-hybridized carbons (Fsp3) is 0.455. The van der Waals surface area contributed by atoms with Gasteiger partial charge >= 0.3 is 6.03 Å². The summed E-state index contributed by atoms with van der Waals surface area (Å²) < 4.78 is 5.28. The Hall–Kier alpha value is -1.82. The molecule has 2 rings (SSSR count). The van der Waals surface area contributed by atoms with E-state index in [1.165, 1.54) is 0 Å². The van der Waals surface area contributed by atoms with Gasteiger partial charge in [-0.15, -0.1) is 0 Å². The van der Waals surface area contributed by atoms with Crippen LogP contribution in [0.4, 0.5) is 16.3 Å². The molecule has 0 aromatic carbocycles. The highest BCUT2D eigenvalue weighted by atomic mass is 16.5. The van der Waals surface area contributed by atoms with E-state index in [9.17, 15) is 4.79 Å². The zero-order chi connectivity index (χ0) is 12.1. The first kappa shape index (κ1) is 11.7. The van der Waals surface area contributed by atoms with E-state index in [-0.39, 0.29) is 6.03 Å². The lowest BCUT2D eigenvalue weighted by atomic mass is 10.3. The molecule has 2 amide bonds. The lowest BCUT2D eigenvalue weighted by Gasteiger charge is -2.27. The zero-order valence-corrected chi connectivity index (χ0v) is 9.77. The molecule has 2 heterocycles. The third-order valence-corrected chi connectivity index (χ3v) is 2.57. The van der Waals surface area contributed by atoms with Crippen molar-refractivity contribution >= 4 is 17.5 Å². The maximum Gasteiger partial charge on any atom is 0.319 e. The molecule has 17 heavy (non-hydrogen) atoms. The van der Waals surface area contributed by atoms with E-state index in [2.05, 4.69) is 20.5 Å². The van der Waals surface area contributed by atoms with Crippen LogP contribution in [0.15, 0.2) is 18.3 Å². The van der Waals surface area contributed by atoms with Crippen molar-refractivity contribution in [1.82, 2.24) is 10.3 Å². The Morgan fingerprint density at radius 2 is 2.18 bits per heavy atom. The Morgan fingerprint density at radius 1 is 1.41 bits per heavy atom. The third kappa shape index (κ3) is 3.07. The Morgan fingerprint density at radius 3 is 2.76 bits per heavy atom. The molecular formula is C11H16N4O2. The SMILES string of the molecule is CNC(=O)Nc1ccc(N2CCOCC2)nc1. The van der Waals surface area contributed by atoms with Crippen molar-refractivity contribution in [2.24, 2.45) is 0 Å². The fourth-order valence-corrected chi connectivity index (χ4v) is 1.63. The molecule has 0 radical (unpaired) electrons. The molecule has 1 aromatic heterocycles. The van der Waals surface area contributed by atoms with Crippen LogP contribution in [-0.2, 0) is 4.74 Å². The first-order chi connectivity index (χ1) is 8.29. The average molecular weight is 236 g/mol. The second-order valence-electron chi connectivity index (χ2n) is 3.71. The topological polar surface area (TPSA) is 66.5 Å². The van der Waals surface area contributed by atoms with Gasteiger partial charge in [0.25, 0.3) is 0 Å². The minimum Gasteiger partial charge on any atom is -0.378 e. The summed E-state index contributed by atoms with van der Waals surface area (Å²) in [7, 11) is 1.57. The first-order valence-electron chi connectivity index (χ1n) is 5.57. The average Bonchev–Trinajstić information content (AvgIpc) is 2.40. The van der Waals surface area contributed by atoms with Crippen molar-refractivity contribution in [3.8, 4) is 0 Å². The Balaban J connectivity index is 1.99. The number of nitrogens with zero attached hydrogens (tertiary/aromatic N) is 2. The van der Waals surface area contributed by atoms with Crippen LogP contribution in [0.5, 0.6) is 0 Å². The first-order valence-corrected chi connectivity index (χ1v) is 5.57. The third-order valence-electron chi connectivity index (χ3n) is 2.57. The standard InChI is InChI=1S/C11H16N4O2/c1-12-11(16)14-9-2-3-10(13-8-9)15-4-6-17-7-5-15/h2-3,8H,4-7H2,1H3,(H2,12,14,16). The Labute approximate surface area is 100.0 Å². The predicted molar refractivity (Wildman–Crippen MR) is 65.3 cm³/mol. The number of hydrogen-bond acceptors (Lipinski definition) is 4. The molecule has 6 heteroatoms. The van der Waals surface area contributed by atoms with Gasteiger partial charge in [0, 0.05) is 20.1 Å². The number of amides is 2. The maximum atomic E-state index is 11.1. The van der Waals surface area contributed by atoms with Gasteiger partial charge in [-0.3, -0.25) is 0 Å². The van der Waals surface area contributed by atoms with E-state index in [4.69, 9.17) is 4.74 Å². The van der Waals surface area contributed by atoms with Crippen LogP contribution >= 0.6 is 0 Å². The van der Waals surface area contributed by atoms with Crippen molar-refractivity contribution in [1.29, 1.82) is 0 Å². The van der Waals surface area contributed by atoms with Crippen molar-refractivity contribution < 1.29 is 9.53 Å². The number of carbonyl (C=O) groups is 1. The molecule has 0 spiro atoms. The summed E-state index contributed by atoms with van der Waals surface area (Å²) in [4.78, 5) is 17.6. The van der Waals surface area contributed by atoms with E-state index in [0.29, 0.717) is 5.69 Å². The van der Waals surface area contributed by atoms with E-state index in [1.54, 1.807) is 13.2 Å². The minimum atomic E-state index is -0.245. The molecular weight excluding hydrogens is 220 g/mol. The number of nitrogens with one attached hydrogen (secondary N) is 2. The molecule has 1 aliphatic heterocycles. The van der Waals surface area contributed by atoms with Crippen LogP contribution in [0, 0.1) is 0 Å². The molecule has 0 bridgehead atoms. The van der Waals surface area contributed by atoms with Crippen LogP contribution < -0.4 is 15.5 Å². The Bertz CT molecular complexity index is 374. The van der Waals surface area contributed by atoms with Gasteiger partial charge in [-0.05, 0) is 12.1 Å². The molecule has 6 nitrogen and oxygen atoms in total. The van der Waals surface area contributed by atoms with Crippen molar-refractivity contribution in [2.75, 3.05) is 43.6 Å². The van der Waals surface area contributed by atoms with Crippen LogP contribution in [0.25, 0.3) is 0 Å². The second-order valence-corrected chi connectivity index (χ2v) is 3.71. The van der Waals surface area contributed by atoms with E-state index in [1.807, 2.05) is 12.1 Å². The van der Waals surface area contributed by atoms with Crippen LogP contribution in [0.1, 0.15) is 0 Å². The normalized spacial score (nSPS) is 15.5. The molecule has 1 aromatic rings. The highest BCUT2D eigenvalue weighted by Gasteiger charge is 2.11. The van der Waals surface area contributed by atoms with Crippen molar-refractivity contribution in [3.05, 3.63) is 18.3 Å². The Kier molecular flexibility index (Phi) is 3.77. The number of urea groups is 1. The molecule has 0 aliphatic carbocycles. The summed E-state index contributed by atoms with van der Waals surface area (Å²) in [5.74, 6) is 0.913. The monoisotopic (exact) mass is 236 g/mol. The number of carbonyl (C=O) groups excluding carboxylic acids is 1. The molecule has 0 saturated carbocycles. The van der Waals surface area contributed by atoms with Crippen LogP contribution in [-0.4, -0.2) is 44.4 Å². The van der Waals surface area contributed by atoms with Gasteiger partial charge in [0.1, 0.15) is 5.82 Å². The minimum absolute atomic E-state index is 0.245. The van der Waals surface area contributed by atoms with E-state index in [0.717, 1.165) is 32.1 Å².